The van der Waals surface area contributed by atoms with Gasteiger partial charge in [-0.3, -0.25) is 9.59 Å². The molecule has 0 heterocycles. The van der Waals surface area contributed by atoms with E-state index in [2.05, 4.69) is 0 Å². The van der Waals surface area contributed by atoms with E-state index in [4.69, 9.17) is 9.84 Å². The van der Waals surface area contributed by atoms with E-state index in [0.29, 0.717) is 5.56 Å². The number of ketones is 1. The van der Waals surface area contributed by atoms with Crippen LogP contribution in [-0.4, -0.2) is 29.4 Å². The van der Waals surface area contributed by atoms with Gasteiger partial charge in [-0.1, -0.05) is 13.0 Å². The zero-order valence-electron chi connectivity index (χ0n) is 10.9. The maximum atomic E-state index is 11.8. The Balaban J connectivity index is 3.20. The van der Waals surface area contributed by atoms with Crippen LogP contribution in [0.4, 0.5) is 0 Å². The van der Waals surface area contributed by atoms with Crippen LogP contribution in [0.1, 0.15) is 46.5 Å². The summed E-state index contributed by atoms with van der Waals surface area (Å²) in [4.78, 5) is 34.2. The van der Waals surface area contributed by atoms with E-state index in [1.54, 1.807) is 13.8 Å². The monoisotopic (exact) mass is 264 g/mol. The average molecular weight is 264 g/mol. The summed E-state index contributed by atoms with van der Waals surface area (Å²) in [7, 11) is 0. The molecule has 0 saturated carbocycles. The zero-order valence-corrected chi connectivity index (χ0v) is 10.9. The highest BCUT2D eigenvalue weighted by Crippen LogP contribution is 2.16. The van der Waals surface area contributed by atoms with Crippen LogP contribution in [0, 0.1) is 0 Å². The fourth-order valence-electron chi connectivity index (χ4n) is 1.68. The minimum absolute atomic E-state index is 0.183. The highest BCUT2D eigenvalue weighted by Gasteiger charge is 2.18. The van der Waals surface area contributed by atoms with Crippen molar-refractivity contribution in [1.29, 1.82) is 0 Å². The first-order valence-corrected chi connectivity index (χ1v) is 6.04. The Morgan fingerprint density at radius 2 is 1.84 bits per heavy atom. The number of hydrogen-bond donors (Lipinski definition) is 1. The van der Waals surface area contributed by atoms with Crippen LogP contribution in [0.2, 0.25) is 0 Å². The molecule has 0 radical (unpaired) electrons. The molecule has 1 rings (SSSR count). The molecule has 102 valence electrons. The van der Waals surface area contributed by atoms with Crippen molar-refractivity contribution in [2.75, 3.05) is 6.61 Å². The van der Waals surface area contributed by atoms with Gasteiger partial charge in [0.1, 0.15) is 0 Å². The molecule has 0 aliphatic heterocycles. The molecule has 5 nitrogen and oxygen atoms in total. The predicted octanol–water partition coefficient (Wildman–Crippen LogP) is 2.08. The second-order valence-electron chi connectivity index (χ2n) is 3.95. The van der Waals surface area contributed by atoms with E-state index in [1.165, 1.54) is 18.2 Å². The van der Waals surface area contributed by atoms with Crippen LogP contribution in [0.15, 0.2) is 18.2 Å². The van der Waals surface area contributed by atoms with Crippen molar-refractivity contribution in [3.8, 4) is 0 Å². The molecule has 0 aliphatic carbocycles. The lowest BCUT2D eigenvalue weighted by Crippen LogP contribution is -2.13. The Bertz CT molecular complexity index is 505. The third kappa shape index (κ3) is 3.91. The summed E-state index contributed by atoms with van der Waals surface area (Å²) in [5, 5.41) is 8.74. The molecule has 1 aromatic rings. The van der Waals surface area contributed by atoms with Crippen LogP contribution in [0.3, 0.4) is 0 Å². The molecule has 0 fully saturated rings. The molecule has 0 atom stereocenters. The first-order chi connectivity index (χ1) is 8.99. The van der Waals surface area contributed by atoms with E-state index in [9.17, 15) is 14.4 Å². The van der Waals surface area contributed by atoms with Gasteiger partial charge in [0.25, 0.3) is 0 Å². The second kappa shape index (κ2) is 6.68. The van der Waals surface area contributed by atoms with Gasteiger partial charge in [-0.15, -0.1) is 0 Å². The van der Waals surface area contributed by atoms with Gasteiger partial charge in [0.05, 0.1) is 18.6 Å². The topological polar surface area (TPSA) is 80.7 Å². The number of rotatable bonds is 6. The Morgan fingerprint density at radius 1 is 1.16 bits per heavy atom. The molecule has 0 saturated heterocycles. The SMILES string of the molecule is CCOC(=O)c1ccc(CC(=O)O)cc1C(=O)CC. The molecule has 0 amide bonds. The van der Waals surface area contributed by atoms with Crippen molar-refractivity contribution >= 4 is 17.7 Å². The van der Waals surface area contributed by atoms with E-state index < -0.39 is 11.9 Å². The highest BCUT2D eigenvalue weighted by molar-refractivity contribution is 6.06. The van der Waals surface area contributed by atoms with Gasteiger partial charge in [-0.05, 0) is 24.6 Å². The highest BCUT2D eigenvalue weighted by atomic mass is 16.5. The number of carboxylic acid groups (broad SMARTS) is 1. The van der Waals surface area contributed by atoms with Crippen molar-refractivity contribution in [3.05, 3.63) is 34.9 Å². The summed E-state index contributed by atoms with van der Waals surface area (Å²) in [5.41, 5.74) is 0.889. The third-order valence-corrected chi connectivity index (χ3v) is 2.56. The van der Waals surface area contributed by atoms with E-state index >= 15 is 0 Å². The number of esters is 1. The van der Waals surface area contributed by atoms with Gasteiger partial charge < -0.3 is 9.84 Å². The summed E-state index contributed by atoms with van der Waals surface area (Å²) in [6.45, 7) is 3.58. The van der Waals surface area contributed by atoms with Gasteiger partial charge in [-0.25, -0.2) is 4.79 Å². The minimum Gasteiger partial charge on any atom is -0.481 e. The maximum Gasteiger partial charge on any atom is 0.338 e. The van der Waals surface area contributed by atoms with Gasteiger partial charge in [0.2, 0.25) is 0 Å². The van der Waals surface area contributed by atoms with Crippen LogP contribution in [-0.2, 0) is 16.0 Å². The first-order valence-electron chi connectivity index (χ1n) is 6.04. The second-order valence-corrected chi connectivity index (χ2v) is 3.95. The van der Waals surface area contributed by atoms with Crippen molar-refractivity contribution in [1.82, 2.24) is 0 Å². The summed E-state index contributed by atoms with van der Waals surface area (Å²) >= 11 is 0. The molecule has 0 spiro atoms. The standard InChI is InChI=1S/C14H16O5/c1-3-12(15)11-7-9(8-13(16)17)5-6-10(11)14(18)19-4-2/h5-7H,3-4,8H2,1-2H3,(H,16,17). The fraction of sp³-hybridized carbons (Fsp3) is 0.357. The van der Waals surface area contributed by atoms with Crippen molar-refractivity contribution in [2.24, 2.45) is 0 Å². The molecule has 5 heteroatoms. The summed E-state index contributed by atoms with van der Waals surface area (Å²) in [6.07, 6.45) is 0.0516. The molecule has 1 N–H and O–H groups in total. The van der Waals surface area contributed by atoms with Crippen LogP contribution in [0.5, 0.6) is 0 Å². The van der Waals surface area contributed by atoms with Gasteiger partial charge >= 0.3 is 11.9 Å². The lowest BCUT2D eigenvalue weighted by molar-refractivity contribution is -0.136. The number of hydrogen-bond acceptors (Lipinski definition) is 4. The van der Waals surface area contributed by atoms with E-state index in [1.807, 2.05) is 0 Å². The molecule has 0 aromatic heterocycles. The maximum absolute atomic E-state index is 11.8. The molecule has 1 aromatic carbocycles. The molecule has 0 bridgehead atoms. The molecular weight excluding hydrogens is 248 g/mol. The van der Waals surface area contributed by atoms with Crippen LogP contribution < -0.4 is 0 Å². The van der Waals surface area contributed by atoms with Crippen LogP contribution >= 0.6 is 0 Å². The number of Topliss-reactive ketones (excluding diaryl/α,β-unsaturated/α-hetero) is 1. The summed E-state index contributed by atoms with van der Waals surface area (Å²) in [5.74, 6) is -1.77. The Labute approximate surface area is 111 Å². The Kier molecular flexibility index (Phi) is 5.23. The average Bonchev–Trinajstić information content (AvgIpc) is 2.37. The molecule has 0 aliphatic rings. The van der Waals surface area contributed by atoms with Gasteiger partial charge in [0, 0.05) is 12.0 Å². The predicted molar refractivity (Wildman–Crippen MR) is 68.4 cm³/mol. The molecular formula is C14H16O5. The zero-order chi connectivity index (χ0) is 14.4. The minimum atomic E-state index is -0.987. The normalized spacial score (nSPS) is 10.0. The lowest BCUT2D eigenvalue weighted by atomic mass is 9.98. The van der Waals surface area contributed by atoms with Gasteiger partial charge in [0.15, 0.2) is 5.78 Å². The van der Waals surface area contributed by atoms with Gasteiger partial charge in [-0.2, -0.15) is 0 Å². The van der Waals surface area contributed by atoms with E-state index in [0.717, 1.165) is 0 Å². The van der Waals surface area contributed by atoms with Crippen molar-refractivity contribution in [3.63, 3.8) is 0 Å². The Hall–Kier alpha value is -2.17. The Morgan fingerprint density at radius 3 is 2.37 bits per heavy atom. The summed E-state index contributed by atoms with van der Waals surface area (Å²) in [6, 6.07) is 4.41. The quantitative estimate of drug-likeness (QED) is 0.628. The largest absolute Gasteiger partial charge is 0.481 e. The number of carboxylic acids is 1. The number of aliphatic carboxylic acids is 1. The van der Waals surface area contributed by atoms with Crippen molar-refractivity contribution < 1.29 is 24.2 Å². The molecule has 0 unspecified atom stereocenters. The number of ether oxygens (including phenoxy) is 1. The smallest absolute Gasteiger partial charge is 0.338 e. The summed E-state index contributed by atoms with van der Waals surface area (Å²) < 4.78 is 4.88. The number of carbonyl (C=O) groups is 3. The van der Waals surface area contributed by atoms with Crippen molar-refractivity contribution in [2.45, 2.75) is 26.7 Å². The third-order valence-electron chi connectivity index (χ3n) is 2.56. The molecule has 19 heavy (non-hydrogen) atoms. The fourth-order valence-corrected chi connectivity index (χ4v) is 1.68. The first kappa shape index (κ1) is 14.9. The lowest BCUT2D eigenvalue weighted by Gasteiger charge is -2.09. The number of benzene rings is 1. The van der Waals surface area contributed by atoms with Crippen LogP contribution in [0.25, 0.3) is 0 Å². The number of carbonyl (C=O) groups excluding carboxylic acids is 2. The van der Waals surface area contributed by atoms with E-state index in [-0.39, 0.29) is 36.4 Å².